The number of sulfone groups is 1. The Morgan fingerprint density at radius 2 is 1.02 bits per heavy atom. The van der Waals surface area contributed by atoms with Crippen LogP contribution in [0.1, 0.15) is 50.7 Å². The lowest BCUT2D eigenvalue weighted by molar-refractivity contribution is 0.0231. The van der Waals surface area contributed by atoms with E-state index in [0.717, 1.165) is 81.5 Å². The molecule has 12 rings (SSSR count). The van der Waals surface area contributed by atoms with Gasteiger partial charge in [0, 0.05) is 38.6 Å². The summed E-state index contributed by atoms with van der Waals surface area (Å²) in [5.41, 5.74) is 10.5. The van der Waals surface area contributed by atoms with Crippen LogP contribution in [-0.4, -0.2) is 13.0 Å². The van der Waals surface area contributed by atoms with Crippen LogP contribution < -0.4 is 4.90 Å². The zero-order valence-electron chi connectivity index (χ0n) is 35.1. The number of nitrogens with zero attached hydrogens (tertiary/aromatic N) is 2. The van der Waals surface area contributed by atoms with Gasteiger partial charge in [0.1, 0.15) is 0 Å². The summed E-state index contributed by atoms with van der Waals surface area (Å²) in [7, 11) is -3.74. The summed E-state index contributed by atoms with van der Waals surface area (Å²) in [5.74, 6) is 1.93. The van der Waals surface area contributed by atoms with Gasteiger partial charge in [0.15, 0.2) is 0 Å². The second-order valence-corrected chi connectivity index (χ2v) is 20.3. The van der Waals surface area contributed by atoms with Crippen LogP contribution in [-0.2, 0) is 15.3 Å². The van der Waals surface area contributed by atoms with E-state index in [1.807, 2.05) is 24.3 Å². The van der Waals surface area contributed by atoms with Gasteiger partial charge in [-0.15, -0.1) is 0 Å². The van der Waals surface area contributed by atoms with Crippen molar-refractivity contribution in [1.29, 1.82) is 0 Å². The lowest BCUT2D eigenvalue weighted by Gasteiger charge is -2.59. The molecular formula is C57H48N2O2S. The van der Waals surface area contributed by atoms with Crippen molar-refractivity contribution < 1.29 is 8.42 Å². The molecule has 0 radical (unpaired) electrons. The van der Waals surface area contributed by atoms with Crippen LogP contribution in [0.2, 0.25) is 0 Å². The standard InChI is InChI=1S/C57H48N2O2S/c1-37-32-42-34-38(2)35-43(33-37)57(42)50-17-7-10-21-55(50)62(60,61)56-31-30-46(36-51(56)57)58(52-20-11-13-41-12-3-4-14-47(41)52)44-26-22-39(23-27-44)40-24-28-45(29-25-40)59-53-18-8-5-15-48(53)49-16-6-9-19-54(49)59/h3-31,36-38,42-43H,32-35H2,1-2H3. The largest absolute Gasteiger partial charge is 0.310 e. The highest BCUT2D eigenvalue weighted by Crippen LogP contribution is 2.64. The third-order valence-electron chi connectivity index (χ3n) is 14.8. The molecular weight excluding hydrogens is 777 g/mol. The molecule has 1 spiro atoms. The van der Waals surface area contributed by atoms with Crippen molar-refractivity contribution in [2.45, 2.75) is 54.7 Å². The first-order valence-electron chi connectivity index (χ1n) is 22.3. The average Bonchev–Trinajstić information content (AvgIpc) is 3.63. The average molecular weight is 825 g/mol. The highest BCUT2D eigenvalue weighted by molar-refractivity contribution is 7.91. The van der Waals surface area contributed by atoms with Crippen LogP contribution in [0.25, 0.3) is 49.4 Å². The van der Waals surface area contributed by atoms with Gasteiger partial charge in [-0.3, -0.25) is 0 Å². The molecule has 2 aliphatic carbocycles. The number of hydrogen-bond acceptors (Lipinski definition) is 3. The number of anilines is 3. The summed E-state index contributed by atoms with van der Waals surface area (Å²) in [5, 5.41) is 4.81. The van der Waals surface area contributed by atoms with Crippen LogP contribution in [0.15, 0.2) is 192 Å². The van der Waals surface area contributed by atoms with Crippen LogP contribution in [0.3, 0.4) is 0 Å². The van der Waals surface area contributed by atoms with E-state index in [9.17, 15) is 8.42 Å². The third kappa shape index (κ3) is 5.47. The van der Waals surface area contributed by atoms with Gasteiger partial charge in [-0.2, -0.15) is 0 Å². The summed E-state index contributed by atoms with van der Waals surface area (Å²) in [6.07, 6.45) is 4.42. The lowest BCUT2D eigenvalue weighted by atomic mass is 9.46. The highest BCUT2D eigenvalue weighted by atomic mass is 32.2. The number of rotatable bonds is 5. The van der Waals surface area contributed by atoms with Gasteiger partial charge >= 0.3 is 0 Å². The smallest absolute Gasteiger partial charge is 0.207 e. The molecule has 5 heteroatoms. The van der Waals surface area contributed by atoms with Crippen molar-refractivity contribution >= 4 is 59.5 Å². The minimum atomic E-state index is -3.74. The molecule has 2 bridgehead atoms. The third-order valence-corrected chi connectivity index (χ3v) is 16.7. The highest BCUT2D eigenvalue weighted by Gasteiger charge is 2.59. The Bertz CT molecular complexity index is 3240. The molecule has 9 aromatic rings. The molecule has 2 saturated carbocycles. The van der Waals surface area contributed by atoms with E-state index in [4.69, 9.17) is 0 Å². The molecule has 0 saturated heterocycles. The molecule has 1 aliphatic heterocycles. The van der Waals surface area contributed by atoms with Crippen molar-refractivity contribution in [1.82, 2.24) is 4.57 Å². The number of para-hydroxylation sites is 2. The Hall–Kier alpha value is -6.43. The van der Waals surface area contributed by atoms with Crippen molar-refractivity contribution in [2.24, 2.45) is 23.7 Å². The molecule has 304 valence electrons. The zero-order valence-corrected chi connectivity index (χ0v) is 35.9. The Morgan fingerprint density at radius 1 is 0.500 bits per heavy atom. The minimum absolute atomic E-state index is 0.359. The van der Waals surface area contributed by atoms with Gasteiger partial charge in [-0.25, -0.2) is 8.42 Å². The topological polar surface area (TPSA) is 42.3 Å². The van der Waals surface area contributed by atoms with Crippen LogP contribution >= 0.6 is 0 Å². The van der Waals surface area contributed by atoms with Crippen LogP contribution in [0.4, 0.5) is 17.1 Å². The Labute approximate surface area is 364 Å². The number of aromatic nitrogens is 1. The first-order valence-corrected chi connectivity index (χ1v) is 23.7. The van der Waals surface area contributed by atoms with Gasteiger partial charge in [0.05, 0.1) is 26.5 Å². The molecule has 0 unspecified atom stereocenters. The fourth-order valence-electron chi connectivity index (χ4n) is 12.4. The Kier molecular flexibility index (Phi) is 8.46. The molecule has 0 atom stereocenters. The second kappa shape index (κ2) is 14.1. The summed E-state index contributed by atoms with van der Waals surface area (Å²) in [6, 6.07) is 64.3. The summed E-state index contributed by atoms with van der Waals surface area (Å²) < 4.78 is 31.8. The van der Waals surface area contributed by atoms with E-state index >= 15 is 0 Å². The second-order valence-electron chi connectivity index (χ2n) is 18.4. The summed E-state index contributed by atoms with van der Waals surface area (Å²) in [6.45, 7) is 4.80. The minimum Gasteiger partial charge on any atom is -0.310 e. The van der Waals surface area contributed by atoms with Crippen molar-refractivity contribution in [2.75, 3.05) is 4.90 Å². The SMILES string of the molecule is CC1CC2CC(C)CC(C1)C21c2ccccc2S(=O)(=O)c2ccc(N(c3ccc(-c4ccc(-n5c6ccccc6c6ccccc65)cc4)cc3)c3cccc4ccccc34)cc21. The number of hydrogen-bond donors (Lipinski definition) is 0. The fourth-order valence-corrected chi connectivity index (χ4v) is 14.2. The Balaban J connectivity index is 0.998. The molecule has 2 heterocycles. The number of fused-ring (bicyclic) bond motifs is 6. The van der Waals surface area contributed by atoms with E-state index in [2.05, 4.69) is 181 Å². The summed E-state index contributed by atoms with van der Waals surface area (Å²) >= 11 is 0. The predicted octanol–water partition coefficient (Wildman–Crippen LogP) is 14.6. The van der Waals surface area contributed by atoms with Gasteiger partial charge < -0.3 is 9.47 Å². The first kappa shape index (κ1) is 37.3. The molecule has 8 aromatic carbocycles. The van der Waals surface area contributed by atoms with Crippen molar-refractivity contribution in [3.8, 4) is 16.8 Å². The van der Waals surface area contributed by atoms with Crippen LogP contribution in [0, 0.1) is 23.7 Å². The Morgan fingerprint density at radius 3 is 1.68 bits per heavy atom. The molecule has 0 amide bonds. The van der Waals surface area contributed by atoms with E-state index in [1.54, 1.807) is 0 Å². The van der Waals surface area contributed by atoms with E-state index in [1.165, 1.54) is 21.8 Å². The monoisotopic (exact) mass is 824 g/mol. The molecule has 1 aromatic heterocycles. The normalized spacial score (nSPS) is 22.4. The van der Waals surface area contributed by atoms with E-state index in [-0.39, 0.29) is 5.41 Å². The molecule has 3 aliphatic rings. The molecule has 62 heavy (non-hydrogen) atoms. The quantitative estimate of drug-likeness (QED) is 0.174. The molecule has 2 fully saturated rings. The van der Waals surface area contributed by atoms with Gasteiger partial charge in [-0.05, 0) is 144 Å². The maximum atomic E-state index is 14.7. The molecule has 4 nitrogen and oxygen atoms in total. The fraction of sp³-hybridized carbons (Fsp3) is 0.193. The maximum Gasteiger partial charge on any atom is 0.207 e. The lowest BCUT2D eigenvalue weighted by Crippen LogP contribution is -2.54. The number of benzene rings is 8. The molecule has 0 N–H and O–H groups in total. The van der Waals surface area contributed by atoms with Crippen LogP contribution in [0.5, 0.6) is 0 Å². The summed E-state index contributed by atoms with van der Waals surface area (Å²) in [4.78, 5) is 3.34. The van der Waals surface area contributed by atoms with Gasteiger partial charge in [-0.1, -0.05) is 129 Å². The van der Waals surface area contributed by atoms with Crippen molar-refractivity contribution in [3.63, 3.8) is 0 Å². The predicted molar refractivity (Wildman–Crippen MR) is 255 cm³/mol. The maximum absolute atomic E-state index is 14.7. The van der Waals surface area contributed by atoms with E-state index < -0.39 is 9.84 Å². The van der Waals surface area contributed by atoms with Gasteiger partial charge in [0.2, 0.25) is 9.84 Å². The zero-order chi connectivity index (χ0) is 41.7. The van der Waals surface area contributed by atoms with Gasteiger partial charge in [0.25, 0.3) is 0 Å². The van der Waals surface area contributed by atoms with E-state index in [0.29, 0.717) is 33.5 Å². The van der Waals surface area contributed by atoms with Crippen molar-refractivity contribution in [3.05, 3.63) is 193 Å². The first-order chi connectivity index (χ1) is 30.3.